The second-order valence-corrected chi connectivity index (χ2v) is 6.38. The normalized spacial score (nSPS) is 11.5. The van der Waals surface area contributed by atoms with E-state index in [0.717, 1.165) is 16.9 Å². The van der Waals surface area contributed by atoms with E-state index >= 15 is 0 Å². The van der Waals surface area contributed by atoms with Gasteiger partial charge in [-0.05, 0) is 44.7 Å². The lowest BCUT2D eigenvalue weighted by molar-refractivity contribution is -0.116. The number of rotatable bonds is 7. The average Bonchev–Trinajstić information content (AvgIpc) is 2.45. The van der Waals surface area contributed by atoms with Crippen LogP contribution in [0.15, 0.2) is 35.9 Å². The molecule has 4 nitrogen and oxygen atoms in total. The lowest BCUT2D eigenvalue weighted by Gasteiger charge is -2.12. The van der Waals surface area contributed by atoms with E-state index in [0.29, 0.717) is 12.1 Å². The molecule has 0 aliphatic carbocycles. The summed E-state index contributed by atoms with van der Waals surface area (Å²) in [5, 5.41) is 5.76. The molecule has 2 N–H and O–H groups in total. The third kappa shape index (κ3) is 6.80. The lowest BCUT2D eigenvalue weighted by atomic mass is 10.1. The molecule has 5 heteroatoms. The fraction of sp³-hybridized carbons (Fsp3) is 0.412. The average molecular weight is 320 g/mol. The molecule has 0 spiro atoms. The van der Waals surface area contributed by atoms with E-state index in [-0.39, 0.29) is 17.9 Å². The van der Waals surface area contributed by atoms with Gasteiger partial charge in [-0.15, -0.1) is 0 Å². The molecule has 120 valence electrons. The molecule has 1 aromatic rings. The van der Waals surface area contributed by atoms with E-state index in [1.807, 2.05) is 39.2 Å². The second-order valence-electron chi connectivity index (χ2n) is 5.47. The summed E-state index contributed by atoms with van der Waals surface area (Å²) in [6.45, 7) is 6.20. The van der Waals surface area contributed by atoms with E-state index in [2.05, 4.69) is 10.6 Å². The Labute approximate surface area is 136 Å². The van der Waals surface area contributed by atoms with Gasteiger partial charge in [-0.1, -0.05) is 17.7 Å². The molecule has 22 heavy (non-hydrogen) atoms. The second kappa shape index (κ2) is 9.30. The molecule has 0 aromatic heterocycles. The van der Waals surface area contributed by atoms with E-state index < -0.39 is 0 Å². The van der Waals surface area contributed by atoms with Gasteiger partial charge in [0.15, 0.2) is 0 Å². The quantitative estimate of drug-likeness (QED) is 0.760. The number of carbonyl (C=O) groups is 2. The Hall–Kier alpha value is -1.75. The Bertz CT molecular complexity index is 534. The molecule has 1 aromatic carbocycles. The number of thioether (sulfide) groups is 1. The zero-order chi connectivity index (χ0) is 16.5. The van der Waals surface area contributed by atoms with Crippen LogP contribution in [0.2, 0.25) is 0 Å². The monoisotopic (exact) mass is 320 g/mol. The van der Waals surface area contributed by atoms with Crippen molar-refractivity contribution >= 4 is 23.6 Å². The summed E-state index contributed by atoms with van der Waals surface area (Å²) in [5.41, 5.74) is 2.56. The van der Waals surface area contributed by atoms with Gasteiger partial charge in [0, 0.05) is 30.0 Å². The van der Waals surface area contributed by atoms with Gasteiger partial charge in [-0.25, -0.2) is 0 Å². The maximum absolute atomic E-state index is 12.0. The van der Waals surface area contributed by atoms with Crippen molar-refractivity contribution < 1.29 is 9.59 Å². The zero-order valence-electron chi connectivity index (χ0n) is 13.6. The first kappa shape index (κ1) is 18.3. The maximum Gasteiger partial charge on any atom is 0.251 e. The first-order valence-corrected chi connectivity index (χ1v) is 8.63. The standard InChI is InChI=1S/C17H24N2O2S/c1-12(2)9-16(20)18-10-14-5-7-15(8-6-14)17(21)19-13(3)11-22-4/h5-9,13H,10-11H2,1-4H3,(H,18,20)(H,19,21)/t13-/m1/s1. The fourth-order valence-electron chi connectivity index (χ4n) is 1.88. The van der Waals surface area contributed by atoms with Crippen LogP contribution in [0.3, 0.4) is 0 Å². The van der Waals surface area contributed by atoms with Gasteiger partial charge >= 0.3 is 0 Å². The van der Waals surface area contributed by atoms with Crippen LogP contribution in [0.4, 0.5) is 0 Å². The number of amides is 2. The molecule has 0 aliphatic rings. The van der Waals surface area contributed by atoms with Crippen molar-refractivity contribution in [2.75, 3.05) is 12.0 Å². The highest BCUT2D eigenvalue weighted by Gasteiger charge is 2.09. The topological polar surface area (TPSA) is 58.2 Å². The van der Waals surface area contributed by atoms with Crippen LogP contribution in [-0.2, 0) is 11.3 Å². The Balaban J connectivity index is 2.54. The first-order valence-electron chi connectivity index (χ1n) is 7.24. The number of hydrogen-bond acceptors (Lipinski definition) is 3. The predicted octanol–water partition coefficient (Wildman–Crippen LogP) is 2.75. The molecule has 0 fully saturated rings. The fourth-order valence-corrected chi connectivity index (χ4v) is 2.46. The van der Waals surface area contributed by atoms with Crippen molar-refractivity contribution in [2.45, 2.75) is 33.4 Å². The SMILES string of the molecule is CSC[C@@H](C)NC(=O)c1ccc(CNC(=O)C=C(C)C)cc1. The van der Waals surface area contributed by atoms with Crippen LogP contribution in [-0.4, -0.2) is 29.9 Å². The van der Waals surface area contributed by atoms with Crippen molar-refractivity contribution in [3.8, 4) is 0 Å². The van der Waals surface area contributed by atoms with Gasteiger partial charge in [-0.3, -0.25) is 9.59 Å². The molecule has 1 rings (SSSR count). The number of nitrogens with one attached hydrogen (secondary N) is 2. The van der Waals surface area contributed by atoms with Crippen molar-refractivity contribution in [3.63, 3.8) is 0 Å². The first-order chi connectivity index (χ1) is 10.4. The summed E-state index contributed by atoms with van der Waals surface area (Å²) in [7, 11) is 0. The summed E-state index contributed by atoms with van der Waals surface area (Å²) in [6.07, 6.45) is 3.58. The maximum atomic E-state index is 12.0. The van der Waals surface area contributed by atoms with Crippen molar-refractivity contribution in [3.05, 3.63) is 47.0 Å². The molecule has 0 bridgehead atoms. The van der Waals surface area contributed by atoms with E-state index in [4.69, 9.17) is 0 Å². The van der Waals surface area contributed by atoms with Crippen LogP contribution in [0.1, 0.15) is 36.7 Å². The van der Waals surface area contributed by atoms with Gasteiger partial charge in [0.05, 0.1) is 0 Å². The third-order valence-corrected chi connectivity index (χ3v) is 3.73. The van der Waals surface area contributed by atoms with E-state index in [1.54, 1.807) is 30.0 Å². The molecule has 0 aliphatic heterocycles. The van der Waals surface area contributed by atoms with Gasteiger partial charge in [0.1, 0.15) is 0 Å². The Morgan fingerprint density at radius 2 is 1.86 bits per heavy atom. The van der Waals surface area contributed by atoms with Crippen LogP contribution in [0.5, 0.6) is 0 Å². The molecular formula is C17H24N2O2S. The predicted molar refractivity (Wildman–Crippen MR) is 93.0 cm³/mol. The summed E-state index contributed by atoms with van der Waals surface area (Å²) < 4.78 is 0. The minimum atomic E-state index is -0.104. The molecule has 0 radical (unpaired) electrons. The summed E-state index contributed by atoms with van der Waals surface area (Å²) in [5.74, 6) is 0.717. The molecule has 0 saturated heterocycles. The minimum absolute atomic E-state index is 0.0679. The Kier molecular flexibility index (Phi) is 7.74. The number of benzene rings is 1. The lowest BCUT2D eigenvalue weighted by Crippen LogP contribution is -2.34. The van der Waals surface area contributed by atoms with Gasteiger partial charge in [0.25, 0.3) is 5.91 Å². The largest absolute Gasteiger partial charge is 0.349 e. The summed E-state index contributed by atoms with van der Waals surface area (Å²) in [4.78, 5) is 23.6. The number of hydrogen-bond donors (Lipinski definition) is 2. The Morgan fingerprint density at radius 1 is 1.23 bits per heavy atom. The highest BCUT2D eigenvalue weighted by Crippen LogP contribution is 2.06. The Morgan fingerprint density at radius 3 is 2.41 bits per heavy atom. The molecule has 2 amide bonds. The number of carbonyl (C=O) groups excluding carboxylic acids is 2. The molecule has 0 saturated carbocycles. The summed E-state index contributed by atoms with van der Waals surface area (Å²) >= 11 is 1.70. The molecule has 0 unspecified atom stereocenters. The zero-order valence-corrected chi connectivity index (χ0v) is 14.4. The highest BCUT2D eigenvalue weighted by molar-refractivity contribution is 7.98. The van der Waals surface area contributed by atoms with Gasteiger partial charge in [-0.2, -0.15) is 11.8 Å². The van der Waals surface area contributed by atoms with Crippen LogP contribution in [0, 0.1) is 0 Å². The summed E-state index contributed by atoms with van der Waals surface area (Å²) in [6, 6.07) is 7.42. The third-order valence-electron chi connectivity index (χ3n) is 2.90. The van der Waals surface area contributed by atoms with Crippen LogP contribution >= 0.6 is 11.8 Å². The number of allylic oxidation sites excluding steroid dienone is 1. The minimum Gasteiger partial charge on any atom is -0.349 e. The molecule has 0 heterocycles. The van der Waals surface area contributed by atoms with E-state index in [9.17, 15) is 9.59 Å². The highest BCUT2D eigenvalue weighted by atomic mass is 32.2. The van der Waals surface area contributed by atoms with Crippen LogP contribution < -0.4 is 10.6 Å². The van der Waals surface area contributed by atoms with Crippen molar-refractivity contribution in [1.82, 2.24) is 10.6 Å². The smallest absolute Gasteiger partial charge is 0.251 e. The van der Waals surface area contributed by atoms with Crippen molar-refractivity contribution in [2.24, 2.45) is 0 Å². The molecular weight excluding hydrogens is 296 g/mol. The van der Waals surface area contributed by atoms with Gasteiger partial charge in [0.2, 0.25) is 5.91 Å². The van der Waals surface area contributed by atoms with Crippen molar-refractivity contribution in [1.29, 1.82) is 0 Å². The molecule has 1 atom stereocenters. The van der Waals surface area contributed by atoms with E-state index in [1.165, 1.54) is 0 Å². The van der Waals surface area contributed by atoms with Gasteiger partial charge < -0.3 is 10.6 Å². The van der Waals surface area contributed by atoms with Crippen LogP contribution in [0.25, 0.3) is 0 Å².